The van der Waals surface area contributed by atoms with Crippen LogP contribution in [0, 0.1) is 0 Å². The van der Waals surface area contributed by atoms with Crippen LogP contribution in [0.1, 0.15) is 25.0 Å². The van der Waals surface area contributed by atoms with Gasteiger partial charge in [-0.05, 0) is 100 Å². The van der Waals surface area contributed by atoms with Gasteiger partial charge >= 0.3 is 0 Å². The molecule has 0 aliphatic heterocycles. The van der Waals surface area contributed by atoms with Crippen LogP contribution < -0.4 is 4.90 Å². The third kappa shape index (κ3) is 4.37. The van der Waals surface area contributed by atoms with E-state index in [1.807, 2.05) is 11.3 Å². The maximum absolute atomic E-state index is 6.65. The Hall–Kier alpha value is -6.62. The number of nitrogens with zero attached hydrogens (tertiary/aromatic N) is 1. The van der Waals surface area contributed by atoms with Gasteiger partial charge in [0, 0.05) is 58.5 Å². The van der Waals surface area contributed by atoms with Gasteiger partial charge in [0.05, 0.1) is 5.69 Å². The number of benzene rings is 8. The predicted octanol–water partition coefficient (Wildman–Crippen LogP) is 15.3. The van der Waals surface area contributed by atoms with Crippen LogP contribution in [0.4, 0.5) is 17.1 Å². The summed E-state index contributed by atoms with van der Waals surface area (Å²) in [6, 6.07) is 59.2. The third-order valence-corrected chi connectivity index (χ3v) is 13.0. The molecular formula is C51H33NO2S. The molecule has 3 nitrogen and oxygen atoms in total. The number of rotatable bonds is 4. The zero-order valence-corrected chi connectivity index (χ0v) is 31.1. The summed E-state index contributed by atoms with van der Waals surface area (Å²) in [5, 5.41) is 6.79. The lowest BCUT2D eigenvalue weighted by molar-refractivity contribution is 0.660. The minimum absolute atomic E-state index is 0.127. The van der Waals surface area contributed by atoms with Crippen LogP contribution in [0.2, 0.25) is 0 Å². The van der Waals surface area contributed by atoms with Crippen LogP contribution in [0.25, 0.3) is 86.3 Å². The SMILES string of the molecule is CC1(C)c2ccccc2-c2ccc(N(c3ccc4oc5cc6c(cc5c4c3)oc3cccc(-c4ccccc4)c36)c3cccc4sc5ccccc5c34)cc21. The molecule has 1 aliphatic rings. The summed E-state index contributed by atoms with van der Waals surface area (Å²) in [7, 11) is 0. The second-order valence-electron chi connectivity index (χ2n) is 15.3. The molecule has 260 valence electrons. The number of hydrogen-bond donors (Lipinski definition) is 0. The first-order chi connectivity index (χ1) is 27.0. The molecule has 0 atom stereocenters. The molecule has 1 aliphatic carbocycles. The lowest BCUT2D eigenvalue weighted by Crippen LogP contribution is -2.16. The first-order valence-electron chi connectivity index (χ1n) is 18.8. The number of fused-ring (bicyclic) bond motifs is 12. The number of thiophene rings is 1. The highest BCUT2D eigenvalue weighted by Gasteiger charge is 2.36. The Balaban J connectivity index is 1.10. The summed E-state index contributed by atoms with van der Waals surface area (Å²) >= 11 is 1.85. The van der Waals surface area contributed by atoms with Gasteiger partial charge in [0.1, 0.15) is 22.3 Å². The highest BCUT2D eigenvalue weighted by molar-refractivity contribution is 7.26. The van der Waals surface area contributed by atoms with Crippen LogP contribution in [0.15, 0.2) is 173 Å². The normalized spacial score (nSPS) is 13.4. The first kappa shape index (κ1) is 30.8. The highest BCUT2D eigenvalue weighted by Crippen LogP contribution is 2.52. The summed E-state index contributed by atoms with van der Waals surface area (Å²) in [6.07, 6.45) is 0. The lowest BCUT2D eigenvalue weighted by Gasteiger charge is -2.29. The number of furan rings is 2. The topological polar surface area (TPSA) is 29.5 Å². The van der Waals surface area contributed by atoms with Crippen molar-refractivity contribution in [3.05, 3.63) is 175 Å². The molecule has 3 aromatic heterocycles. The van der Waals surface area contributed by atoms with Gasteiger partial charge in [-0.2, -0.15) is 0 Å². The van der Waals surface area contributed by atoms with Gasteiger partial charge in [-0.1, -0.05) is 111 Å². The highest BCUT2D eigenvalue weighted by atomic mass is 32.1. The maximum Gasteiger partial charge on any atom is 0.136 e. The van der Waals surface area contributed by atoms with E-state index < -0.39 is 0 Å². The lowest BCUT2D eigenvalue weighted by atomic mass is 9.82. The van der Waals surface area contributed by atoms with E-state index >= 15 is 0 Å². The van der Waals surface area contributed by atoms with Crippen molar-refractivity contribution in [2.24, 2.45) is 0 Å². The fourth-order valence-electron chi connectivity index (χ4n) is 9.28. The molecule has 11 aromatic rings. The third-order valence-electron chi connectivity index (χ3n) is 11.9. The number of anilines is 3. The Labute approximate surface area is 321 Å². The van der Waals surface area contributed by atoms with Crippen LogP contribution in [-0.2, 0) is 5.41 Å². The van der Waals surface area contributed by atoms with Crippen molar-refractivity contribution < 1.29 is 8.83 Å². The molecule has 8 aromatic carbocycles. The van der Waals surface area contributed by atoms with E-state index in [4.69, 9.17) is 8.83 Å². The largest absolute Gasteiger partial charge is 0.456 e. The Morgan fingerprint density at radius 3 is 2.04 bits per heavy atom. The van der Waals surface area contributed by atoms with Crippen molar-refractivity contribution in [1.82, 2.24) is 0 Å². The van der Waals surface area contributed by atoms with E-state index in [1.165, 1.54) is 42.4 Å². The Morgan fingerprint density at radius 1 is 0.436 bits per heavy atom. The summed E-state index contributed by atoms with van der Waals surface area (Å²) in [5.74, 6) is 0. The minimum atomic E-state index is -0.127. The molecule has 3 heterocycles. The molecule has 0 bridgehead atoms. The van der Waals surface area contributed by atoms with Crippen molar-refractivity contribution in [2.45, 2.75) is 19.3 Å². The zero-order valence-electron chi connectivity index (χ0n) is 30.3. The molecule has 0 N–H and O–H groups in total. The minimum Gasteiger partial charge on any atom is -0.456 e. The smallest absolute Gasteiger partial charge is 0.136 e. The van der Waals surface area contributed by atoms with Gasteiger partial charge < -0.3 is 13.7 Å². The Kier molecular flexibility index (Phi) is 6.27. The van der Waals surface area contributed by atoms with E-state index in [1.54, 1.807) is 0 Å². The van der Waals surface area contributed by atoms with E-state index in [-0.39, 0.29) is 5.41 Å². The fraction of sp³-hybridized carbons (Fsp3) is 0.0588. The van der Waals surface area contributed by atoms with E-state index in [2.05, 4.69) is 183 Å². The summed E-state index contributed by atoms with van der Waals surface area (Å²) in [4.78, 5) is 2.45. The van der Waals surface area contributed by atoms with Crippen LogP contribution in [-0.4, -0.2) is 0 Å². The van der Waals surface area contributed by atoms with E-state index in [0.717, 1.165) is 72.1 Å². The number of hydrogen-bond acceptors (Lipinski definition) is 4. The van der Waals surface area contributed by atoms with Crippen molar-refractivity contribution in [2.75, 3.05) is 4.90 Å². The maximum atomic E-state index is 6.65. The Morgan fingerprint density at radius 2 is 1.11 bits per heavy atom. The average Bonchev–Trinajstić information content (AvgIpc) is 3.95. The molecule has 0 amide bonds. The van der Waals surface area contributed by atoms with Gasteiger partial charge in [0.15, 0.2) is 0 Å². The first-order valence-corrected chi connectivity index (χ1v) is 19.6. The van der Waals surface area contributed by atoms with Crippen LogP contribution >= 0.6 is 11.3 Å². The van der Waals surface area contributed by atoms with Gasteiger partial charge in [-0.15, -0.1) is 11.3 Å². The van der Waals surface area contributed by atoms with Crippen molar-refractivity contribution in [1.29, 1.82) is 0 Å². The van der Waals surface area contributed by atoms with Crippen molar-refractivity contribution in [3.8, 4) is 22.3 Å². The molecule has 0 saturated carbocycles. The average molecular weight is 724 g/mol. The Bertz CT molecular complexity index is 3360. The molecule has 0 saturated heterocycles. The predicted molar refractivity (Wildman–Crippen MR) is 232 cm³/mol. The molecular weight excluding hydrogens is 691 g/mol. The standard InChI is InChI=1S/C51H33NO2S/c1-51(2)40-17-8-6-14-34(40)35-24-22-32(27-41(35)51)52(42-18-11-21-48-50(42)36-15-7-9-20-47(36)55-48)31-23-25-43-37(26-31)38-28-46-39(29-45(38)53-43)49-33(16-10-19-44(49)54-46)30-12-4-3-5-13-30/h3-29H,1-2H3. The summed E-state index contributed by atoms with van der Waals surface area (Å²) < 4.78 is 15.8. The molecule has 12 rings (SSSR count). The van der Waals surface area contributed by atoms with Gasteiger partial charge in [-0.3, -0.25) is 0 Å². The summed E-state index contributed by atoms with van der Waals surface area (Å²) in [5.41, 5.74) is 14.3. The van der Waals surface area contributed by atoms with Crippen LogP contribution in [0.5, 0.6) is 0 Å². The molecule has 0 unspecified atom stereocenters. The monoisotopic (exact) mass is 723 g/mol. The summed E-state index contributed by atoms with van der Waals surface area (Å²) in [6.45, 7) is 4.70. The van der Waals surface area contributed by atoms with Gasteiger partial charge in [0.2, 0.25) is 0 Å². The molecule has 0 radical (unpaired) electrons. The van der Waals surface area contributed by atoms with Gasteiger partial charge in [-0.25, -0.2) is 0 Å². The van der Waals surface area contributed by atoms with Crippen LogP contribution in [0.3, 0.4) is 0 Å². The molecule has 0 fully saturated rings. The molecule has 4 heteroatoms. The zero-order chi connectivity index (χ0) is 36.4. The van der Waals surface area contributed by atoms with Crippen molar-refractivity contribution in [3.63, 3.8) is 0 Å². The second-order valence-corrected chi connectivity index (χ2v) is 16.3. The van der Waals surface area contributed by atoms with Gasteiger partial charge in [0.25, 0.3) is 0 Å². The van der Waals surface area contributed by atoms with E-state index in [0.29, 0.717) is 0 Å². The fourth-order valence-corrected chi connectivity index (χ4v) is 10.4. The van der Waals surface area contributed by atoms with Crippen molar-refractivity contribution >= 4 is 92.4 Å². The quantitative estimate of drug-likeness (QED) is 0.181. The second kappa shape index (κ2) is 11.2. The van der Waals surface area contributed by atoms with E-state index in [9.17, 15) is 0 Å². The molecule has 55 heavy (non-hydrogen) atoms. The molecule has 0 spiro atoms.